The Kier molecular flexibility index (Phi) is 10.8. The maximum absolute atomic E-state index is 10.6. The summed E-state index contributed by atoms with van der Waals surface area (Å²) in [6.45, 7) is 7.42. The van der Waals surface area contributed by atoms with Crippen LogP contribution >= 0.6 is 35.3 Å². The van der Waals surface area contributed by atoms with Crippen LogP contribution in [0.3, 0.4) is 0 Å². The van der Waals surface area contributed by atoms with Gasteiger partial charge in [-0.2, -0.15) is 0 Å². The summed E-state index contributed by atoms with van der Waals surface area (Å²) in [5.74, 6) is 1.04. The Hall–Kier alpha value is -1.99. The largest absolute Gasteiger partial charge is 0.491 e. The second-order valence-electron chi connectivity index (χ2n) is 6.04. The maximum Gasteiger partial charge on any atom is 0.269 e. The van der Waals surface area contributed by atoms with Crippen molar-refractivity contribution in [2.75, 3.05) is 19.7 Å². The number of thiazole rings is 1. The van der Waals surface area contributed by atoms with Crippen molar-refractivity contribution in [3.63, 3.8) is 0 Å². The molecule has 0 aliphatic rings. The van der Waals surface area contributed by atoms with E-state index < -0.39 is 11.0 Å². The molecule has 29 heavy (non-hydrogen) atoms. The summed E-state index contributed by atoms with van der Waals surface area (Å²) in [5.41, 5.74) is 1.01. The van der Waals surface area contributed by atoms with Crippen LogP contribution in [0.25, 0.3) is 0 Å². The van der Waals surface area contributed by atoms with Crippen molar-refractivity contribution < 1.29 is 14.8 Å². The lowest BCUT2D eigenvalue weighted by Crippen LogP contribution is -2.42. The van der Waals surface area contributed by atoms with E-state index in [1.165, 1.54) is 29.1 Å². The van der Waals surface area contributed by atoms with E-state index in [1.54, 1.807) is 11.3 Å². The van der Waals surface area contributed by atoms with Gasteiger partial charge in [-0.25, -0.2) is 9.98 Å². The zero-order valence-corrected chi connectivity index (χ0v) is 19.7. The molecule has 160 valence electrons. The second kappa shape index (κ2) is 12.5. The number of hydrogen-bond acceptors (Lipinski definition) is 7. The number of non-ortho nitro benzene ring substituents is 1. The molecule has 2 rings (SSSR count). The minimum Gasteiger partial charge on any atom is -0.491 e. The van der Waals surface area contributed by atoms with Crippen LogP contribution in [-0.2, 0) is 6.54 Å². The van der Waals surface area contributed by atoms with Gasteiger partial charge in [-0.3, -0.25) is 10.1 Å². The summed E-state index contributed by atoms with van der Waals surface area (Å²) in [5, 5.41) is 27.9. The Morgan fingerprint density at radius 1 is 1.34 bits per heavy atom. The van der Waals surface area contributed by atoms with Gasteiger partial charge in [0.15, 0.2) is 5.96 Å². The molecule has 1 atom stereocenters. The number of nitrogens with zero attached hydrogens (tertiary/aromatic N) is 3. The maximum atomic E-state index is 10.6. The summed E-state index contributed by atoms with van der Waals surface area (Å²) in [7, 11) is 0. The van der Waals surface area contributed by atoms with Gasteiger partial charge < -0.3 is 20.5 Å². The smallest absolute Gasteiger partial charge is 0.269 e. The molecule has 9 nitrogen and oxygen atoms in total. The third-order valence-corrected chi connectivity index (χ3v) is 4.84. The summed E-state index contributed by atoms with van der Waals surface area (Å²) in [4.78, 5) is 20.3. The molecule has 0 radical (unpaired) electrons. The average Bonchev–Trinajstić information content (AvgIpc) is 3.00. The van der Waals surface area contributed by atoms with E-state index in [0.29, 0.717) is 24.8 Å². The number of nitrogens with one attached hydrogen (secondary N) is 2. The molecule has 2 aromatic rings. The molecule has 1 heterocycles. The third kappa shape index (κ3) is 8.50. The van der Waals surface area contributed by atoms with Gasteiger partial charge in [0.1, 0.15) is 23.5 Å². The van der Waals surface area contributed by atoms with E-state index in [2.05, 4.69) is 20.6 Å². The Morgan fingerprint density at radius 2 is 2.03 bits per heavy atom. The van der Waals surface area contributed by atoms with Crippen LogP contribution in [0.1, 0.15) is 22.5 Å². The predicted molar refractivity (Wildman–Crippen MR) is 124 cm³/mol. The van der Waals surface area contributed by atoms with Crippen LogP contribution in [0.4, 0.5) is 5.69 Å². The number of halogens is 1. The molecule has 0 saturated heterocycles. The molecule has 0 aliphatic heterocycles. The van der Waals surface area contributed by atoms with Crippen molar-refractivity contribution in [2.45, 2.75) is 33.4 Å². The van der Waals surface area contributed by atoms with Crippen LogP contribution < -0.4 is 15.4 Å². The van der Waals surface area contributed by atoms with E-state index in [1.807, 2.05) is 20.8 Å². The van der Waals surface area contributed by atoms with Crippen LogP contribution in [0, 0.1) is 24.0 Å². The quantitative estimate of drug-likeness (QED) is 0.148. The molecule has 3 N–H and O–H groups in total. The number of aryl methyl sites for hydroxylation is 2. The Bertz CT molecular complexity index is 794. The molecular formula is C18H26IN5O4S. The Labute approximate surface area is 190 Å². The van der Waals surface area contributed by atoms with Crippen LogP contribution in [0.2, 0.25) is 0 Å². The molecular weight excluding hydrogens is 509 g/mol. The number of rotatable bonds is 9. The molecule has 0 amide bonds. The molecule has 0 bridgehead atoms. The standard InChI is InChI=1S/C18H25N5O4S.HI/c1-4-19-18(21-10-17-22-12(2)13(3)28-17)20-9-15(24)11-27-16-7-5-14(6-8-16)23(25)26;/h5-8,15,24H,4,9-11H2,1-3H3,(H2,19,20,21);1H. The summed E-state index contributed by atoms with van der Waals surface area (Å²) in [6, 6.07) is 5.72. The Balaban J connectivity index is 0.00000420. The van der Waals surface area contributed by atoms with Crippen molar-refractivity contribution >= 4 is 47.0 Å². The highest BCUT2D eigenvalue weighted by Crippen LogP contribution is 2.18. The lowest BCUT2D eigenvalue weighted by Gasteiger charge is -2.15. The topological polar surface area (TPSA) is 122 Å². The molecule has 0 aliphatic carbocycles. The minimum absolute atomic E-state index is 0. The predicted octanol–water partition coefficient (Wildman–Crippen LogP) is 2.78. The number of aliphatic hydroxyl groups is 1. The Morgan fingerprint density at radius 3 is 2.59 bits per heavy atom. The first kappa shape index (κ1) is 25.0. The highest BCUT2D eigenvalue weighted by atomic mass is 127. The van der Waals surface area contributed by atoms with Crippen molar-refractivity contribution in [2.24, 2.45) is 4.99 Å². The second-order valence-corrected chi connectivity index (χ2v) is 7.33. The fraction of sp³-hybridized carbons (Fsp3) is 0.444. The average molecular weight is 535 g/mol. The number of benzene rings is 1. The minimum atomic E-state index is -0.775. The molecule has 0 saturated carbocycles. The van der Waals surface area contributed by atoms with Gasteiger partial charge in [0.25, 0.3) is 5.69 Å². The van der Waals surface area contributed by atoms with E-state index in [9.17, 15) is 15.2 Å². The fourth-order valence-electron chi connectivity index (χ4n) is 2.23. The van der Waals surface area contributed by atoms with Crippen molar-refractivity contribution in [1.29, 1.82) is 0 Å². The first-order chi connectivity index (χ1) is 13.4. The fourth-order valence-corrected chi connectivity index (χ4v) is 3.08. The van der Waals surface area contributed by atoms with Gasteiger partial charge in [-0.1, -0.05) is 0 Å². The number of aliphatic hydroxyl groups excluding tert-OH is 1. The summed E-state index contributed by atoms with van der Waals surface area (Å²) in [6.07, 6.45) is -0.775. The number of ether oxygens (including phenoxy) is 1. The van der Waals surface area contributed by atoms with Crippen molar-refractivity contribution in [3.8, 4) is 5.75 Å². The first-order valence-corrected chi connectivity index (χ1v) is 9.71. The van der Waals surface area contributed by atoms with Crippen LogP contribution in [0.15, 0.2) is 29.3 Å². The highest BCUT2D eigenvalue weighted by Gasteiger charge is 2.09. The summed E-state index contributed by atoms with van der Waals surface area (Å²) < 4.78 is 5.46. The van der Waals surface area contributed by atoms with Gasteiger partial charge in [0, 0.05) is 30.1 Å². The molecule has 11 heteroatoms. The highest BCUT2D eigenvalue weighted by molar-refractivity contribution is 14.0. The van der Waals surface area contributed by atoms with E-state index in [0.717, 1.165) is 10.7 Å². The summed E-state index contributed by atoms with van der Waals surface area (Å²) >= 11 is 1.62. The normalized spacial score (nSPS) is 12.1. The van der Waals surface area contributed by atoms with E-state index in [4.69, 9.17) is 4.74 Å². The van der Waals surface area contributed by atoms with Crippen LogP contribution in [-0.4, -0.2) is 46.8 Å². The third-order valence-electron chi connectivity index (χ3n) is 3.78. The SMILES string of the molecule is CCNC(=NCc1nc(C)c(C)s1)NCC(O)COc1ccc([N+](=O)[O-])cc1.I. The number of hydrogen-bond donors (Lipinski definition) is 3. The molecule has 1 aromatic heterocycles. The zero-order valence-electron chi connectivity index (χ0n) is 16.5. The van der Waals surface area contributed by atoms with Gasteiger partial charge in [0.05, 0.1) is 17.2 Å². The monoisotopic (exact) mass is 535 g/mol. The number of guanidine groups is 1. The molecule has 0 fully saturated rings. The van der Waals surface area contributed by atoms with E-state index in [-0.39, 0.29) is 42.8 Å². The van der Waals surface area contributed by atoms with Gasteiger partial charge in [-0.05, 0) is 32.9 Å². The lowest BCUT2D eigenvalue weighted by atomic mass is 10.3. The zero-order chi connectivity index (χ0) is 20.5. The van der Waals surface area contributed by atoms with Gasteiger partial charge in [-0.15, -0.1) is 35.3 Å². The number of nitro benzene ring substituents is 1. The number of aliphatic imine (C=N–C) groups is 1. The molecule has 0 spiro atoms. The number of aromatic nitrogens is 1. The lowest BCUT2D eigenvalue weighted by molar-refractivity contribution is -0.384. The van der Waals surface area contributed by atoms with Crippen molar-refractivity contribution in [3.05, 3.63) is 50.0 Å². The van der Waals surface area contributed by atoms with Crippen LogP contribution in [0.5, 0.6) is 5.75 Å². The number of nitro groups is 1. The first-order valence-electron chi connectivity index (χ1n) is 8.89. The van der Waals surface area contributed by atoms with Crippen molar-refractivity contribution in [1.82, 2.24) is 15.6 Å². The van der Waals surface area contributed by atoms with Gasteiger partial charge >= 0.3 is 0 Å². The van der Waals surface area contributed by atoms with E-state index >= 15 is 0 Å². The molecule has 1 aromatic carbocycles. The molecule has 1 unspecified atom stereocenters. The van der Waals surface area contributed by atoms with Gasteiger partial charge in [0.2, 0.25) is 0 Å².